The van der Waals surface area contributed by atoms with E-state index in [2.05, 4.69) is 0 Å². The molecular weight excluding hydrogens is 521 g/mol. The first-order valence-corrected chi connectivity index (χ1v) is 12.7. The molecule has 15 heteroatoms. The summed E-state index contributed by atoms with van der Waals surface area (Å²) in [6.45, 7) is 0.918. The number of likely N-dealkylation sites (tertiary alicyclic amines) is 1. The van der Waals surface area contributed by atoms with Crippen LogP contribution in [-0.2, 0) is 24.4 Å². The van der Waals surface area contributed by atoms with Crippen molar-refractivity contribution in [2.24, 2.45) is 0 Å². The summed E-state index contributed by atoms with van der Waals surface area (Å²) < 4.78 is 66.2. The number of benzene rings is 1. The maximum absolute atomic E-state index is 13.5. The Bertz CT molecular complexity index is 1100. The predicted octanol–water partition coefficient (Wildman–Crippen LogP) is 0.712. The Hall–Kier alpha value is -2.91. The van der Waals surface area contributed by atoms with Crippen molar-refractivity contribution in [1.29, 1.82) is 0 Å². The molecule has 1 aromatic carbocycles. The first kappa shape index (κ1) is 30.3. The molecule has 2 heterocycles. The number of amides is 2. The highest BCUT2D eigenvalue weighted by atomic mass is 32.2. The number of carbonyl (C=O) groups is 3. The lowest BCUT2D eigenvalue weighted by molar-refractivity contribution is -0.192. The van der Waals surface area contributed by atoms with Gasteiger partial charge in [-0.1, -0.05) is 12.1 Å². The summed E-state index contributed by atoms with van der Waals surface area (Å²) in [5, 5.41) is 7.12. The van der Waals surface area contributed by atoms with E-state index in [1.807, 2.05) is 19.0 Å². The topological polar surface area (TPSA) is 128 Å². The van der Waals surface area contributed by atoms with Crippen molar-refractivity contribution in [2.45, 2.75) is 36.1 Å². The molecule has 1 saturated heterocycles. The highest BCUT2D eigenvalue weighted by molar-refractivity contribution is 7.89. The molecule has 1 N–H and O–H groups in total. The Morgan fingerprint density at radius 3 is 2.19 bits per heavy atom. The first-order valence-electron chi connectivity index (χ1n) is 11.3. The number of para-hydroxylation sites is 1. The van der Waals surface area contributed by atoms with E-state index in [9.17, 15) is 31.2 Å². The van der Waals surface area contributed by atoms with Crippen molar-refractivity contribution >= 4 is 27.8 Å². The fourth-order valence-electron chi connectivity index (χ4n) is 3.85. The van der Waals surface area contributed by atoms with Crippen molar-refractivity contribution in [3.05, 3.63) is 24.3 Å². The highest BCUT2D eigenvalue weighted by Gasteiger charge is 2.44. The average Bonchev–Trinajstić information content (AvgIpc) is 3.03. The molecule has 0 unspecified atom stereocenters. The van der Waals surface area contributed by atoms with Gasteiger partial charge in [0.1, 0.15) is 16.7 Å². The van der Waals surface area contributed by atoms with E-state index in [0.717, 1.165) is 0 Å². The lowest BCUT2D eigenvalue weighted by Crippen LogP contribution is -2.50. The van der Waals surface area contributed by atoms with Crippen LogP contribution in [0.25, 0.3) is 0 Å². The van der Waals surface area contributed by atoms with E-state index in [4.69, 9.17) is 14.6 Å². The normalized spacial score (nSPS) is 21.2. The van der Waals surface area contributed by atoms with Crippen LogP contribution in [0, 0.1) is 0 Å². The number of carboxylic acids is 1. The molecule has 1 aromatic rings. The van der Waals surface area contributed by atoms with Gasteiger partial charge in [0.05, 0.1) is 19.1 Å². The summed E-state index contributed by atoms with van der Waals surface area (Å²) in [6, 6.07) is 5.99. The minimum atomic E-state index is -5.08. The number of alkyl halides is 3. The van der Waals surface area contributed by atoms with Gasteiger partial charge in [0.15, 0.2) is 0 Å². The van der Waals surface area contributed by atoms with E-state index in [0.29, 0.717) is 38.2 Å². The van der Waals surface area contributed by atoms with Crippen LogP contribution in [0.1, 0.15) is 12.8 Å². The van der Waals surface area contributed by atoms with Gasteiger partial charge in [-0.3, -0.25) is 9.59 Å². The number of rotatable bonds is 4. The molecule has 0 aliphatic carbocycles. The van der Waals surface area contributed by atoms with Crippen molar-refractivity contribution in [3.63, 3.8) is 0 Å². The smallest absolute Gasteiger partial charge is 0.487 e. The molecule has 2 atom stereocenters. The van der Waals surface area contributed by atoms with E-state index in [1.54, 1.807) is 37.2 Å². The Labute approximate surface area is 213 Å². The van der Waals surface area contributed by atoms with Crippen molar-refractivity contribution in [1.82, 2.24) is 19.0 Å². The summed E-state index contributed by atoms with van der Waals surface area (Å²) in [4.78, 5) is 39.0. The van der Waals surface area contributed by atoms with Crippen LogP contribution in [-0.4, -0.2) is 123 Å². The molecule has 2 aliphatic heterocycles. The molecule has 0 radical (unpaired) electrons. The number of ether oxygens (including phenoxy) is 1. The zero-order valence-corrected chi connectivity index (χ0v) is 21.8. The quantitative estimate of drug-likeness (QED) is 0.579. The fraction of sp³-hybridized carbons (Fsp3) is 0.591. The van der Waals surface area contributed by atoms with Gasteiger partial charge in [0, 0.05) is 33.6 Å². The number of fused-ring (bicyclic) bond motifs is 2. The molecule has 0 saturated carbocycles. The number of nitrogens with zero attached hydrogens (tertiary/aromatic N) is 4. The predicted molar refractivity (Wildman–Crippen MR) is 125 cm³/mol. The summed E-state index contributed by atoms with van der Waals surface area (Å²) in [7, 11) is 2.93. The van der Waals surface area contributed by atoms with Crippen LogP contribution in [0.3, 0.4) is 0 Å². The SMILES string of the molecule is CN(C)CC(=O)N1CC[C@@H]2Oc3ccccc3S(=O)(=O)N(CC(=O)N(C)C)[C@H]2CC1.O=C(O)C(F)(F)F. The number of halogens is 3. The number of aliphatic carboxylic acids is 1. The van der Waals surface area contributed by atoms with Crippen molar-refractivity contribution < 1.29 is 45.8 Å². The minimum Gasteiger partial charge on any atom is -0.487 e. The lowest BCUT2D eigenvalue weighted by atomic mass is 10.1. The largest absolute Gasteiger partial charge is 0.490 e. The second kappa shape index (κ2) is 12.1. The van der Waals surface area contributed by atoms with E-state index >= 15 is 0 Å². The van der Waals surface area contributed by atoms with Gasteiger partial charge in [0.25, 0.3) is 0 Å². The number of likely N-dealkylation sites (N-methyl/N-ethyl adjacent to an activating group) is 2. The Morgan fingerprint density at radius 1 is 1.08 bits per heavy atom. The third-order valence-electron chi connectivity index (χ3n) is 5.73. The zero-order valence-electron chi connectivity index (χ0n) is 20.9. The average molecular weight is 553 g/mol. The molecule has 11 nitrogen and oxygen atoms in total. The number of carboxylic acid groups (broad SMARTS) is 1. The number of sulfonamides is 1. The van der Waals surface area contributed by atoms with Crippen LogP contribution in [0.15, 0.2) is 29.2 Å². The molecule has 0 spiro atoms. The molecule has 2 aliphatic rings. The standard InChI is InChI=1S/C20H30N4O5S.C2HF3O2/c1-21(2)13-20(26)23-11-9-15-16(10-12-23)29-17-7-5-6-8-18(17)30(27,28)24(15)14-19(25)22(3)4;3-2(4,5)1(6)7/h5-8,15-16H,9-14H2,1-4H3;(H,6,7)/t15-,16-;/m0./s1. The third kappa shape index (κ3) is 7.79. The monoisotopic (exact) mass is 552 g/mol. The molecular formula is C22H31F3N4O7S. The molecule has 37 heavy (non-hydrogen) atoms. The van der Waals surface area contributed by atoms with Gasteiger partial charge in [-0.2, -0.15) is 17.5 Å². The molecule has 3 rings (SSSR count). The maximum Gasteiger partial charge on any atom is 0.490 e. The van der Waals surface area contributed by atoms with Gasteiger partial charge < -0.3 is 24.5 Å². The van der Waals surface area contributed by atoms with Crippen LogP contribution in [0.4, 0.5) is 13.2 Å². The van der Waals surface area contributed by atoms with Crippen molar-refractivity contribution in [2.75, 3.05) is 54.4 Å². The molecule has 0 aromatic heterocycles. The first-order chi connectivity index (χ1) is 17.1. The molecule has 0 bridgehead atoms. The second-order valence-electron chi connectivity index (χ2n) is 9.01. The molecule has 1 fully saturated rings. The van der Waals surface area contributed by atoms with Crippen LogP contribution in [0.5, 0.6) is 5.75 Å². The zero-order chi connectivity index (χ0) is 28.1. The summed E-state index contributed by atoms with van der Waals surface area (Å²) >= 11 is 0. The van der Waals surface area contributed by atoms with Crippen LogP contribution < -0.4 is 4.74 Å². The minimum absolute atomic E-state index is 0.00404. The van der Waals surface area contributed by atoms with Crippen LogP contribution >= 0.6 is 0 Å². The van der Waals surface area contributed by atoms with Crippen molar-refractivity contribution in [3.8, 4) is 5.75 Å². The molecule has 208 valence electrons. The Balaban J connectivity index is 0.000000604. The Morgan fingerprint density at radius 2 is 1.65 bits per heavy atom. The van der Waals surface area contributed by atoms with Crippen LogP contribution in [0.2, 0.25) is 0 Å². The van der Waals surface area contributed by atoms with Gasteiger partial charge >= 0.3 is 12.1 Å². The number of carbonyl (C=O) groups excluding carboxylic acids is 2. The molecule has 2 amide bonds. The summed E-state index contributed by atoms with van der Waals surface area (Å²) in [5.74, 6) is -2.77. The number of hydrogen-bond acceptors (Lipinski definition) is 7. The van der Waals surface area contributed by atoms with Gasteiger partial charge in [-0.15, -0.1) is 0 Å². The highest BCUT2D eigenvalue weighted by Crippen LogP contribution is 2.36. The van der Waals surface area contributed by atoms with E-state index in [-0.39, 0.29) is 23.3 Å². The summed E-state index contributed by atoms with van der Waals surface area (Å²) in [6.07, 6.45) is -4.64. The Kier molecular flexibility index (Phi) is 9.91. The van der Waals surface area contributed by atoms with Gasteiger partial charge in [-0.05, 0) is 32.6 Å². The summed E-state index contributed by atoms with van der Waals surface area (Å²) in [5.41, 5.74) is 0. The van der Waals surface area contributed by atoms with E-state index in [1.165, 1.54) is 15.3 Å². The lowest BCUT2D eigenvalue weighted by Gasteiger charge is -2.31. The van der Waals surface area contributed by atoms with E-state index < -0.39 is 34.3 Å². The van der Waals surface area contributed by atoms with Gasteiger partial charge in [-0.25, -0.2) is 13.2 Å². The van der Waals surface area contributed by atoms with Gasteiger partial charge in [0.2, 0.25) is 21.8 Å². The maximum atomic E-state index is 13.5. The fourth-order valence-corrected chi connectivity index (χ4v) is 5.60. The number of hydrogen-bond donors (Lipinski definition) is 1. The third-order valence-corrected chi connectivity index (χ3v) is 7.64. The second-order valence-corrected chi connectivity index (χ2v) is 10.9.